The second-order valence-corrected chi connectivity index (χ2v) is 1.88. The molecule has 0 N–H and O–H groups in total. The van der Waals surface area contributed by atoms with Gasteiger partial charge in [0, 0.05) is 5.92 Å². The van der Waals surface area contributed by atoms with Crippen LogP contribution in [0.2, 0.25) is 0 Å². The van der Waals surface area contributed by atoms with Crippen LogP contribution < -0.4 is 0 Å². The summed E-state index contributed by atoms with van der Waals surface area (Å²) in [6, 6.07) is 0. The van der Waals surface area contributed by atoms with Crippen molar-refractivity contribution >= 4 is 13.5 Å². The van der Waals surface area contributed by atoms with Gasteiger partial charge in [0.1, 0.15) is 0 Å². The Balaban J connectivity index is 2.31. The van der Waals surface area contributed by atoms with Crippen molar-refractivity contribution in [3.8, 4) is 0 Å². The molecule has 0 aromatic carbocycles. The monoisotopic (exact) mass is 82.1 g/mol. The van der Waals surface area contributed by atoms with Crippen LogP contribution in [0, 0.1) is 5.92 Å². The molecule has 0 amide bonds. The van der Waals surface area contributed by atoms with E-state index in [9.17, 15) is 4.79 Å². The van der Waals surface area contributed by atoms with Gasteiger partial charge < -0.3 is 4.79 Å². The molecule has 0 spiro atoms. The zero-order chi connectivity index (χ0) is 4.57. The topological polar surface area (TPSA) is 17.1 Å². The Morgan fingerprint density at radius 1 is 1.67 bits per heavy atom. The quantitative estimate of drug-likeness (QED) is 0.392. The Morgan fingerprint density at radius 3 is 2.17 bits per heavy atom. The SMILES string of the molecule is BC(=O)C1CC1. The van der Waals surface area contributed by atoms with Gasteiger partial charge in [0.05, 0.1) is 5.68 Å². The van der Waals surface area contributed by atoms with Gasteiger partial charge in [-0.1, -0.05) is 0 Å². The van der Waals surface area contributed by atoms with Crippen molar-refractivity contribution in [2.24, 2.45) is 5.92 Å². The van der Waals surface area contributed by atoms with E-state index in [4.69, 9.17) is 0 Å². The van der Waals surface area contributed by atoms with E-state index in [0.29, 0.717) is 11.6 Å². The molecule has 0 unspecified atom stereocenters. The lowest BCUT2D eigenvalue weighted by molar-refractivity contribution is -0.112. The lowest BCUT2D eigenvalue weighted by Crippen LogP contribution is -1.95. The van der Waals surface area contributed by atoms with E-state index in [-0.39, 0.29) is 0 Å². The Morgan fingerprint density at radius 2 is 2.17 bits per heavy atom. The number of carbonyl (C=O) groups is 1. The normalized spacial score (nSPS) is 20.7. The second-order valence-electron chi connectivity index (χ2n) is 1.88. The zero-order valence-electron chi connectivity index (χ0n) is 3.90. The summed E-state index contributed by atoms with van der Waals surface area (Å²) in [4.78, 5) is 10.2. The van der Waals surface area contributed by atoms with Crippen LogP contribution in [0.1, 0.15) is 12.8 Å². The van der Waals surface area contributed by atoms with Crippen molar-refractivity contribution in [3.05, 3.63) is 0 Å². The first-order chi connectivity index (χ1) is 2.80. The zero-order valence-corrected chi connectivity index (χ0v) is 3.90. The van der Waals surface area contributed by atoms with Crippen molar-refractivity contribution in [2.45, 2.75) is 12.8 Å². The second kappa shape index (κ2) is 1.10. The Bertz CT molecular complexity index is 75.6. The van der Waals surface area contributed by atoms with Gasteiger partial charge in [-0.2, -0.15) is 0 Å². The van der Waals surface area contributed by atoms with E-state index in [1.54, 1.807) is 7.85 Å². The molecule has 2 heteroatoms. The third-order valence-electron chi connectivity index (χ3n) is 1.15. The molecule has 1 aliphatic rings. The maximum atomic E-state index is 10.2. The molecule has 1 fully saturated rings. The number of hydrogen-bond donors (Lipinski definition) is 0. The van der Waals surface area contributed by atoms with Crippen molar-refractivity contribution in [1.29, 1.82) is 0 Å². The van der Waals surface area contributed by atoms with Gasteiger partial charge in [0.2, 0.25) is 0 Å². The molecule has 32 valence electrons. The highest BCUT2D eigenvalue weighted by Gasteiger charge is 2.24. The average Bonchev–Trinajstić information content (AvgIpc) is 2.06. The van der Waals surface area contributed by atoms with Gasteiger partial charge in [-0.15, -0.1) is 0 Å². The molecule has 0 aliphatic heterocycles. The largest absolute Gasteiger partial charge is 0.312 e. The molecule has 0 radical (unpaired) electrons. The van der Waals surface area contributed by atoms with E-state index in [0.717, 1.165) is 12.8 Å². The maximum absolute atomic E-state index is 10.2. The third kappa shape index (κ3) is 0.616. The van der Waals surface area contributed by atoms with Gasteiger partial charge in [0.25, 0.3) is 0 Å². The summed E-state index contributed by atoms with van der Waals surface area (Å²) in [5.74, 6) is 0.463. The summed E-state index contributed by atoms with van der Waals surface area (Å²) >= 11 is 0. The minimum atomic E-state index is 0.370. The van der Waals surface area contributed by atoms with Gasteiger partial charge in [0.15, 0.2) is 7.85 Å². The smallest absolute Gasteiger partial charge is 0.187 e. The fourth-order valence-electron chi connectivity index (χ4n) is 0.490. The van der Waals surface area contributed by atoms with Crippen LogP contribution in [0.5, 0.6) is 0 Å². The highest BCUT2D eigenvalue weighted by Crippen LogP contribution is 2.28. The molecular formula is C4H7BO. The van der Waals surface area contributed by atoms with Crippen LogP contribution in [-0.2, 0) is 4.79 Å². The molecule has 1 aliphatic carbocycles. The van der Waals surface area contributed by atoms with E-state index < -0.39 is 0 Å². The van der Waals surface area contributed by atoms with Crippen LogP contribution in [0.15, 0.2) is 0 Å². The molecule has 1 saturated carbocycles. The van der Waals surface area contributed by atoms with Gasteiger partial charge in [-0.05, 0) is 12.8 Å². The van der Waals surface area contributed by atoms with Crippen molar-refractivity contribution in [2.75, 3.05) is 0 Å². The van der Waals surface area contributed by atoms with Crippen LogP contribution in [0.4, 0.5) is 0 Å². The summed E-state index contributed by atoms with van der Waals surface area (Å²) in [7, 11) is 1.66. The molecule has 0 aromatic heterocycles. The van der Waals surface area contributed by atoms with Gasteiger partial charge >= 0.3 is 0 Å². The summed E-state index contributed by atoms with van der Waals surface area (Å²) < 4.78 is 0. The first kappa shape index (κ1) is 3.91. The first-order valence-electron chi connectivity index (χ1n) is 2.31. The van der Waals surface area contributed by atoms with Gasteiger partial charge in [-0.3, -0.25) is 0 Å². The number of rotatable bonds is 1. The lowest BCUT2D eigenvalue weighted by atomic mass is 9.99. The van der Waals surface area contributed by atoms with E-state index in [1.807, 2.05) is 0 Å². The van der Waals surface area contributed by atoms with Crippen molar-refractivity contribution in [1.82, 2.24) is 0 Å². The van der Waals surface area contributed by atoms with E-state index in [2.05, 4.69) is 0 Å². The lowest BCUT2D eigenvalue weighted by Gasteiger charge is -1.75. The predicted octanol–water partition coefficient (Wildman–Crippen LogP) is -0.444. The predicted molar refractivity (Wildman–Crippen MR) is 26.3 cm³/mol. The number of carbonyl (C=O) groups excluding carboxylic acids is 1. The van der Waals surface area contributed by atoms with Gasteiger partial charge in [-0.25, -0.2) is 0 Å². The number of hydrogen-bond acceptors (Lipinski definition) is 1. The summed E-state index contributed by atoms with van der Waals surface area (Å²) in [6.45, 7) is 0. The molecule has 0 bridgehead atoms. The highest BCUT2D eigenvalue weighted by molar-refractivity contribution is 6.58. The molecule has 1 rings (SSSR count). The Labute approximate surface area is 38.1 Å². The third-order valence-corrected chi connectivity index (χ3v) is 1.15. The average molecular weight is 81.9 g/mol. The molecule has 0 atom stereocenters. The maximum Gasteiger partial charge on any atom is 0.187 e. The highest BCUT2D eigenvalue weighted by atomic mass is 16.1. The van der Waals surface area contributed by atoms with Crippen molar-refractivity contribution in [3.63, 3.8) is 0 Å². The van der Waals surface area contributed by atoms with E-state index in [1.165, 1.54) is 0 Å². The molecule has 1 nitrogen and oxygen atoms in total. The summed E-state index contributed by atoms with van der Waals surface area (Å²) in [5, 5.41) is 0. The minimum Gasteiger partial charge on any atom is -0.312 e. The molecular weight excluding hydrogens is 74.9 g/mol. The van der Waals surface area contributed by atoms with Crippen molar-refractivity contribution < 1.29 is 4.79 Å². The van der Waals surface area contributed by atoms with Crippen LogP contribution in [-0.4, -0.2) is 13.5 Å². The standard InChI is InChI=1S/C4H7BO/c5-4(6)3-1-2-3/h3H,1-2,5H2. The molecule has 0 aromatic rings. The van der Waals surface area contributed by atoms with Crippen LogP contribution in [0.25, 0.3) is 0 Å². The molecule has 0 saturated heterocycles. The fourth-order valence-corrected chi connectivity index (χ4v) is 0.490. The first-order valence-corrected chi connectivity index (χ1v) is 2.31. The summed E-state index contributed by atoms with van der Waals surface area (Å²) in [6.07, 6.45) is 2.30. The summed E-state index contributed by atoms with van der Waals surface area (Å²) in [5.41, 5.74) is 0.370. The Kier molecular flexibility index (Phi) is 0.719. The molecule has 6 heavy (non-hydrogen) atoms. The fraction of sp³-hybridized carbons (Fsp3) is 0.750. The minimum absolute atomic E-state index is 0.370. The van der Waals surface area contributed by atoms with Crippen LogP contribution >= 0.6 is 0 Å². The Hall–Kier alpha value is -0.265. The van der Waals surface area contributed by atoms with Crippen LogP contribution in [0.3, 0.4) is 0 Å². The van der Waals surface area contributed by atoms with E-state index >= 15 is 0 Å². The molecule has 0 heterocycles.